The average molecular weight is 173 g/mol. The standard InChI is InChI=1S/C9H19NO2/c1-7(2)10-6-9(4,5)12-8(3)11/h7,10H,6H2,1-5H3. The van der Waals surface area contributed by atoms with E-state index in [1.807, 2.05) is 13.8 Å². The lowest BCUT2D eigenvalue weighted by atomic mass is 10.1. The zero-order chi connectivity index (χ0) is 9.78. The lowest BCUT2D eigenvalue weighted by molar-refractivity contribution is -0.153. The molecule has 3 nitrogen and oxygen atoms in total. The molecular weight excluding hydrogens is 154 g/mol. The van der Waals surface area contributed by atoms with Crippen molar-refractivity contribution in [2.75, 3.05) is 6.54 Å². The summed E-state index contributed by atoms with van der Waals surface area (Å²) in [5, 5.41) is 3.21. The van der Waals surface area contributed by atoms with Gasteiger partial charge in [-0.2, -0.15) is 0 Å². The van der Waals surface area contributed by atoms with Gasteiger partial charge in [-0.25, -0.2) is 0 Å². The molecule has 72 valence electrons. The third kappa shape index (κ3) is 6.16. The Morgan fingerprint density at radius 3 is 2.33 bits per heavy atom. The van der Waals surface area contributed by atoms with Gasteiger partial charge in [0.25, 0.3) is 0 Å². The second-order valence-corrected chi connectivity index (χ2v) is 3.89. The summed E-state index contributed by atoms with van der Waals surface area (Å²) >= 11 is 0. The van der Waals surface area contributed by atoms with Crippen LogP contribution in [0, 0.1) is 0 Å². The molecule has 0 spiro atoms. The number of hydrogen-bond donors (Lipinski definition) is 1. The Balaban J connectivity index is 3.78. The molecule has 0 bridgehead atoms. The van der Waals surface area contributed by atoms with Crippen molar-refractivity contribution >= 4 is 5.97 Å². The van der Waals surface area contributed by atoms with Crippen LogP contribution in [0.1, 0.15) is 34.6 Å². The van der Waals surface area contributed by atoms with E-state index in [-0.39, 0.29) is 5.97 Å². The fourth-order valence-corrected chi connectivity index (χ4v) is 0.875. The van der Waals surface area contributed by atoms with Crippen LogP contribution in [-0.4, -0.2) is 24.2 Å². The summed E-state index contributed by atoms with van der Waals surface area (Å²) in [4.78, 5) is 10.7. The lowest BCUT2D eigenvalue weighted by Crippen LogP contribution is -2.41. The van der Waals surface area contributed by atoms with Gasteiger partial charge in [-0.1, -0.05) is 13.8 Å². The Kier molecular flexibility index (Phi) is 4.24. The van der Waals surface area contributed by atoms with Crippen LogP contribution < -0.4 is 5.32 Å². The molecule has 0 amide bonds. The number of hydrogen-bond acceptors (Lipinski definition) is 3. The Morgan fingerprint density at radius 1 is 1.50 bits per heavy atom. The van der Waals surface area contributed by atoms with Gasteiger partial charge >= 0.3 is 5.97 Å². The maximum atomic E-state index is 10.7. The molecule has 0 saturated carbocycles. The van der Waals surface area contributed by atoms with Crippen LogP contribution in [0.25, 0.3) is 0 Å². The van der Waals surface area contributed by atoms with Crippen LogP contribution in [0.2, 0.25) is 0 Å². The summed E-state index contributed by atoms with van der Waals surface area (Å²) in [5.41, 5.74) is -0.407. The molecule has 1 N–H and O–H groups in total. The van der Waals surface area contributed by atoms with Gasteiger partial charge in [0.15, 0.2) is 0 Å². The summed E-state index contributed by atoms with van der Waals surface area (Å²) in [6.07, 6.45) is 0. The number of carbonyl (C=O) groups excluding carboxylic acids is 1. The van der Waals surface area contributed by atoms with Crippen molar-refractivity contribution in [3.05, 3.63) is 0 Å². The molecule has 0 fully saturated rings. The summed E-state index contributed by atoms with van der Waals surface area (Å²) in [6.45, 7) is 10.0. The SMILES string of the molecule is CC(=O)OC(C)(C)CNC(C)C. The highest BCUT2D eigenvalue weighted by molar-refractivity contribution is 5.66. The van der Waals surface area contributed by atoms with Crippen LogP contribution >= 0.6 is 0 Å². The van der Waals surface area contributed by atoms with E-state index in [9.17, 15) is 4.79 Å². The topological polar surface area (TPSA) is 38.3 Å². The molecule has 0 aliphatic heterocycles. The van der Waals surface area contributed by atoms with Gasteiger partial charge in [0, 0.05) is 19.5 Å². The van der Waals surface area contributed by atoms with Gasteiger partial charge in [0.1, 0.15) is 5.60 Å². The third-order valence-corrected chi connectivity index (χ3v) is 1.36. The van der Waals surface area contributed by atoms with Gasteiger partial charge in [-0.15, -0.1) is 0 Å². The van der Waals surface area contributed by atoms with Crippen LogP contribution in [0.3, 0.4) is 0 Å². The van der Waals surface area contributed by atoms with Crippen molar-refractivity contribution < 1.29 is 9.53 Å². The minimum Gasteiger partial charge on any atom is -0.458 e. The molecular formula is C9H19NO2. The first-order valence-corrected chi connectivity index (χ1v) is 4.26. The molecule has 0 aromatic carbocycles. The maximum absolute atomic E-state index is 10.7. The Labute approximate surface area is 74.5 Å². The minimum absolute atomic E-state index is 0.231. The summed E-state index contributed by atoms with van der Waals surface area (Å²) in [6, 6.07) is 0.417. The molecule has 0 aromatic heterocycles. The molecule has 0 atom stereocenters. The molecule has 0 heterocycles. The van der Waals surface area contributed by atoms with Gasteiger partial charge in [-0.3, -0.25) is 4.79 Å². The van der Waals surface area contributed by atoms with Crippen molar-refractivity contribution in [1.82, 2.24) is 5.32 Å². The monoisotopic (exact) mass is 173 g/mol. The fraction of sp³-hybridized carbons (Fsp3) is 0.889. The third-order valence-electron chi connectivity index (χ3n) is 1.36. The molecule has 0 aromatic rings. The van der Waals surface area contributed by atoms with E-state index in [1.165, 1.54) is 6.92 Å². The van der Waals surface area contributed by atoms with E-state index in [2.05, 4.69) is 19.2 Å². The predicted molar refractivity (Wildman–Crippen MR) is 49.0 cm³/mol. The Morgan fingerprint density at radius 2 is 2.00 bits per heavy atom. The molecule has 0 aliphatic carbocycles. The summed E-state index contributed by atoms with van der Waals surface area (Å²) < 4.78 is 5.09. The molecule has 0 saturated heterocycles. The van der Waals surface area contributed by atoms with Crippen molar-refractivity contribution in [3.63, 3.8) is 0 Å². The van der Waals surface area contributed by atoms with E-state index in [4.69, 9.17) is 4.74 Å². The molecule has 0 aliphatic rings. The highest BCUT2D eigenvalue weighted by atomic mass is 16.6. The zero-order valence-electron chi connectivity index (χ0n) is 8.60. The highest BCUT2D eigenvalue weighted by Crippen LogP contribution is 2.07. The quantitative estimate of drug-likeness (QED) is 0.652. The van der Waals surface area contributed by atoms with E-state index in [0.717, 1.165) is 0 Å². The van der Waals surface area contributed by atoms with Crippen molar-refractivity contribution in [2.45, 2.75) is 46.3 Å². The minimum atomic E-state index is -0.407. The van der Waals surface area contributed by atoms with Gasteiger partial charge < -0.3 is 10.1 Å². The molecule has 0 radical (unpaired) electrons. The summed E-state index contributed by atoms with van der Waals surface area (Å²) in [5.74, 6) is -0.231. The number of rotatable bonds is 4. The number of esters is 1. The van der Waals surface area contributed by atoms with E-state index >= 15 is 0 Å². The van der Waals surface area contributed by atoms with Crippen LogP contribution in [0.4, 0.5) is 0 Å². The first kappa shape index (κ1) is 11.4. The average Bonchev–Trinajstić information content (AvgIpc) is 1.81. The fourth-order valence-electron chi connectivity index (χ4n) is 0.875. The van der Waals surface area contributed by atoms with Gasteiger partial charge in [0.05, 0.1) is 0 Å². The Bertz CT molecular complexity index is 153. The first-order chi connectivity index (χ1) is 5.33. The largest absolute Gasteiger partial charge is 0.458 e. The predicted octanol–water partition coefficient (Wildman–Crippen LogP) is 1.33. The second-order valence-electron chi connectivity index (χ2n) is 3.89. The molecule has 12 heavy (non-hydrogen) atoms. The number of carbonyl (C=O) groups is 1. The van der Waals surface area contributed by atoms with Crippen LogP contribution in [0.5, 0.6) is 0 Å². The van der Waals surface area contributed by atoms with Crippen molar-refractivity contribution in [1.29, 1.82) is 0 Å². The molecule has 0 unspecified atom stereocenters. The van der Waals surface area contributed by atoms with Gasteiger partial charge in [0.2, 0.25) is 0 Å². The van der Waals surface area contributed by atoms with Gasteiger partial charge in [-0.05, 0) is 13.8 Å². The molecule has 0 rings (SSSR count). The van der Waals surface area contributed by atoms with Crippen molar-refractivity contribution in [3.8, 4) is 0 Å². The zero-order valence-corrected chi connectivity index (χ0v) is 8.60. The van der Waals surface area contributed by atoms with Crippen LogP contribution in [0.15, 0.2) is 0 Å². The van der Waals surface area contributed by atoms with Crippen molar-refractivity contribution in [2.24, 2.45) is 0 Å². The smallest absolute Gasteiger partial charge is 0.303 e. The molecule has 3 heteroatoms. The number of ether oxygens (including phenoxy) is 1. The van der Waals surface area contributed by atoms with E-state index in [0.29, 0.717) is 12.6 Å². The first-order valence-electron chi connectivity index (χ1n) is 4.26. The van der Waals surface area contributed by atoms with E-state index in [1.54, 1.807) is 0 Å². The second kappa shape index (κ2) is 4.45. The summed E-state index contributed by atoms with van der Waals surface area (Å²) in [7, 11) is 0. The normalized spacial score (nSPS) is 11.8. The maximum Gasteiger partial charge on any atom is 0.303 e. The highest BCUT2D eigenvalue weighted by Gasteiger charge is 2.20. The lowest BCUT2D eigenvalue weighted by Gasteiger charge is -2.25. The van der Waals surface area contributed by atoms with Crippen LogP contribution in [-0.2, 0) is 9.53 Å². The van der Waals surface area contributed by atoms with E-state index < -0.39 is 5.60 Å². The Hall–Kier alpha value is -0.570. The number of nitrogens with one attached hydrogen (secondary N) is 1.